The van der Waals surface area contributed by atoms with Crippen LogP contribution in [-0.2, 0) is 17.8 Å². The molecule has 1 amide bonds. The van der Waals surface area contributed by atoms with Gasteiger partial charge in [-0.05, 0) is 23.8 Å². The average molecular weight is 486 g/mol. The first-order valence-corrected chi connectivity index (χ1v) is 10.1. The van der Waals surface area contributed by atoms with Gasteiger partial charge in [0.2, 0.25) is 0 Å². The van der Waals surface area contributed by atoms with Crippen LogP contribution in [0.5, 0.6) is 0 Å². The number of benzene rings is 1. The number of rotatable bonds is 6. The zero-order chi connectivity index (χ0) is 22.6. The molecule has 31 heavy (non-hydrogen) atoms. The Morgan fingerprint density at radius 1 is 1.32 bits per heavy atom. The highest BCUT2D eigenvalue weighted by Crippen LogP contribution is 2.27. The van der Waals surface area contributed by atoms with E-state index >= 15 is 0 Å². The lowest BCUT2D eigenvalue weighted by molar-refractivity contribution is -0.140. The normalized spacial score (nSPS) is 11.9. The number of hydrogen-bond donors (Lipinski definition) is 1. The highest BCUT2D eigenvalue weighted by molar-refractivity contribution is 7.15. The van der Waals surface area contributed by atoms with Gasteiger partial charge in [0, 0.05) is 46.0 Å². The van der Waals surface area contributed by atoms with Crippen LogP contribution in [0.4, 0.5) is 18.3 Å². The SMILES string of the molecule is N#C/C(=C/c1nccn1CC(F)(F)F)C(=O)Nc1ncc(Cc2cc(Cl)ccc2Cl)s1. The van der Waals surface area contributed by atoms with Crippen LogP contribution < -0.4 is 5.32 Å². The van der Waals surface area contributed by atoms with Crippen molar-refractivity contribution in [2.75, 3.05) is 5.32 Å². The highest BCUT2D eigenvalue weighted by atomic mass is 35.5. The molecule has 0 aliphatic heterocycles. The molecule has 0 saturated carbocycles. The van der Waals surface area contributed by atoms with Crippen LogP contribution in [0, 0.1) is 11.3 Å². The van der Waals surface area contributed by atoms with Crippen molar-refractivity contribution in [2.45, 2.75) is 19.1 Å². The monoisotopic (exact) mass is 485 g/mol. The number of nitrogens with one attached hydrogen (secondary N) is 1. The van der Waals surface area contributed by atoms with Crippen LogP contribution in [0.25, 0.3) is 6.08 Å². The molecule has 160 valence electrons. The number of amides is 1. The molecule has 6 nitrogen and oxygen atoms in total. The molecule has 1 N–H and O–H groups in total. The van der Waals surface area contributed by atoms with Crippen molar-refractivity contribution >= 4 is 51.7 Å². The second-order valence-electron chi connectivity index (χ2n) is 6.20. The maximum Gasteiger partial charge on any atom is 0.406 e. The van der Waals surface area contributed by atoms with Crippen LogP contribution in [-0.4, -0.2) is 26.6 Å². The first-order valence-electron chi connectivity index (χ1n) is 8.54. The number of imidazole rings is 1. The van der Waals surface area contributed by atoms with E-state index in [1.165, 1.54) is 11.3 Å². The Morgan fingerprint density at radius 3 is 2.81 bits per heavy atom. The topological polar surface area (TPSA) is 83.6 Å². The Bertz CT molecular complexity index is 1180. The number of hydrogen-bond acceptors (Lipinski definition) is 5. The summed E-state index contributed by atoms with van der Waals surface area (Å²) in [6.07, 6.45) is 0.758. The Kier molecular flexibility index (Phi) is 7.00. The number of nitriles is 1. The van der Waals surface area contributed by atoms with Crippen LogP contribution in [0.2, 0.25) is 10.0 Å². The summed E-state index contributed by atoms with van der Waals surface area (Å²) < 4.78 is 38.7. The Balaban J connectivity index is 1.72. The standard InChI is InChI=1S/C19H12Cl2F3N5OS/c20-13-1-2-15(21)11(5-13)6-14-9-27-18(31-14)28-17(30)12(8-25)7-16-26-3-4-29(16)10-19(22,23)24/h1-5,7,9H,6,10H2,(H,27,28,30)/b12-7-. The Morgan fingerprint density at radius 2 is 2.10 bits per heavy atom. The van der Waals surface area contributed by atoms with E-state index in [9.17, 15) is 23.2 Å². The molecule has 12 heteroatoms. The minimum Gasteiger partial charge on any atom is -0.322 e. The van der Waals surface area contributed by atoms with E-state index in [4.69, 9.17) is 23.2 Å². The van der Waals surface area contributed by atoms with E-state index < -0.39 is 24.2 Å². The number of anilines is 1. The highest BCUT2D eigenvalue weighted by Gasteiger charge is 2.28. The van der Waals surface area contributed by atoms with E-state index in [1.807, 2.05) is 0 Å². The molecular formula is C19H12Cl2F3N5OS. The predicted molar refractivity (Wildman–Crippen MR) is 112 cm³/mol. The summed E-state index contributed by atoms with van der Waals surface area (Å²) in [6.45, 7) is -1.29. The lowest BCUT2D eigenvalue weighted by Crippen LogP contribution is -2.18. The van der Waals surface area contributed by atoms with Gasteiger partial charge in [-0.3, -0.25) is 10.1 Å². The molecule has 0 fully saturated rings. The molecular weight excluding hydrogens is 474 g/mol. The van der Waals surface area contributed by atoms with Crippen LogP contribution in [0.3, 0.4) is 0 Å². The van der Waals surface area contributed by atoms with Gasteiger partial charge in [-0.2, -0.15) is 18.4 Å². The number of alkyl halides is 3. The van der Waals surface area contributed by atoms with Gasteiger partial charge < -0.3 is 4.57 Å². The van der Waals surface area contributed by atoms with Gasteiger partial charge in [-0.25, -0.2) is 9.97 Å². The molecule has 3 rings (SSSR count). The first-order chi connectivity index (χ1) is 14.6. The molecule has 0 spiro atoms. The number of thiazole rings is 1. The third-order valence-electron chi connectivity index (χ3n) is 3.88. The first kappa shape index (κ1) is 22.8. The van der Waals surface area contributed by atoms with E-state index in [2.05, 4.69) is 15.3 Å². The van der Waals surface area contributed by atoms with E-state index in [0.717, 1.165) is 33.5 Å². The molecule has 0 saturated heterocycles. The van der Waals surface area contributed by atoms with Crippen LogP contribution >= 0.6 is 34.5 Å². The summed E-state index contributed by atoms with van der Waals surface area (Å²) in [7, 11) is 0. The molecule has 3 aromatic rings. The molecule has 0 atom stereocenters. The summed E-state index contributed by atoms with van der Waals surface area (Å²) in [5, 5.41) is 13.0. The quantitative estimate of drug-likeness (QED) is 0.377. The second-order valence-corrected chi connectivity index (χ2v) is 8.16. The molecule has 0 radical (unpaired) electrons. The summed E-state index contributed by atoms with van der Waals surface area (Å²) >= 11 is 13.3. The molecule has 1 aromatic carbocycles. The minimum absolute atomic E-state index is 0.167. The molecule has 0 aliphatic carbocycles. The molecule has 0 bridgehead atoms. The number of aromatic nitrogens is 3. The fraction of sp³-hybridized carbons (Fsp3) is 0.158. The molecule has 2 aromatic heterocycles. The van der Waals surface area contributed by atoms with Crippen molar-refractivity contribution in [2.24, 2.45) is 0 Å². The average Bonchev–Trinajstić information content (AvgIpc) is 3.30. The van der Waals surface area contributed by atoms with Gasteiger partial charge in [0.25, 0.3) is 5.91 Å². The lowest BCUT2D eigenvalue weighted by Gasteiger charge is -2.08. The third-order valence-corrected chi connectivity index (χ3v) is 5.40. The Hall–Kier alpha value is -2.87. The van der Waals surface area contributed by atoms with Gasteiger partial charge in [0.15, 0.2) is 5.13 Å². The minimum atomic E-state index is -4.47. The van der Waals surface area contributed by atoms with E-state index in [0.29, 0.717) is 16.5 Å². The maximum atomic E-state index is 12.6. The number of carbonyl (C=O) groups is 1. The number of halogens is 5. The maximum absolute atomic E-state index is 12.6. The largest absolute Gasteiger partial charge is 0.406 e. The Labute approximate surface area is 188 Å². The van der Waals surface area contributed by atoms with Crippen molar-refractivity contribution in [1.29, 1.82) is 5.26 Å². The molecule has 2 heterocycles. The fourth-order valence-corrected chi connectivity index (χ4v) is 3.75. The second kappa shape index (κ2) is 9.51. The summed E-state index contributed by atoms with van der Waals surface area (Å²) in [5.74, 6) is -0.981. The summed E-state index contributed by atoms with van der Waals surface area (Å²) in [4.78, 5) is 21.0. The van der Waals surface area contributed by atoms with Crippen molar-refractivity contribution < 1.29 is 18.0 Å². The van der Waals surface area contributed by atoms with E-state index in [1.54, 1.807) is 30.5 Å². The van der Waals surface area contributed by atoms with E-state index in [-0.39, 0.29) is 11.0 Å². The van der Waals surface area contributed by atoms with Crippen molar-refractivity contribution in [1.82, 2.24) is 14.5 Å². The molecule has 0 unspecified atom stereocenters. The van der Waals surface area contributed by atoms with Gasteiger partial charge in [0.1, 0.15) is 24.0 Å². The van der Waals surface area contributed by atoms with Crippen molar-refractivity contribution in [3.63, 3.8) is 0 Å². The van der Waals surface area contributed by atoms with Crippen molar-refractivity contribution in [3.05, 3.63) is 68.7 Å². The van der Waals surface area contributed by atoms with Gasteiger partial charge in [-0.15, -0.1) is 11.3 Å². The zero-order valence-electron chi connectivity index (χ0n) is 15.5. The summed E-state index contributed by atoms with van der Waals surface area (Å²) in [5.41, 5.74) is 0.370. The number of carbonyl (C=O) groups excluding carboxylic acids is 1. The molecule has 0 aliphatic rings. The number of nitrogens with zero attached hydrogens (tertiary/aromatic N) is 4. The zero-order valence-corrected chi connectivity index (χ0v) is 17.8. The van der Waals surface area contributed by atoms with Gasteiger partial charge in [-0.1, -0.05) is 23.2 Å². The van der Waals surface area contributed by atoms with Crippen LogP contribution in [0.1, 0.15) is 16.3 Å². The van der Waals surface area contributed by atoms with Gasteiger partial charge >= 0.3 is 6.18 Å². The summed E-state index contributed by atoms with van der Waals surface area (Å²) in [6, 6.07) is 6.74. The third kappa shape index (κ3) is 6.30. The van der Waals surface area contributed by atoms with Crippen molar-refractivity contribution in [3.8, 4) is 6.07 Å². The van der Waals surface area contributed by atoms with Crippen LogP contribution in [0.15, 0.2) is 42.4 Å². The predicted octanol–water partition coefficient (Wildman–Crippen LogP) is 5.35. The van der Waals surface area contributed by atoms with Gasteiger partial charge in [0.05, 0.1) is 0 Å². The fourth-order valence-electron chi connectivity index (χ4n) is 2.54. The lowest BCUT2D eigenvalue weighted by atomic mass is 10.1. The smallest absolute Gasteiger partial charge is 0.322 e.